The van der Waals surface area contributed by atoms with E-state index in [-0.39, 0.29) is 16.9 Å². The Kier molecular flexibility index (Phi) is 4.88. The van der Waals surface area contributed by atoms with E-state index in [1.54, 1.807) is 23.1 Å². The van der Waals surface area contributed by atoms with Crippen LogP contribution < -0.4 is 0 Å². The lowest BCUT2D eigenvalue weighted by atomic mass is 9.95. The van der Waals surface area contributed by atoms with Gasteiger partial charge in [0, 0.05) is 25.4 Å². The van der Waals surface area contributed by atoms with Crippen molar-refractivity contribution in [1.29, 1.82) is 0 Å². The second-order valence-electron chi connectivity index (χ2n) is 6.86. The Hall–Kier alpha value is -2.62. The van der Waals surface area contributed by atoms with Gasteiger partial charge in [0.15, 0.2) is 0 Å². The van der Waals surface area contributed by atoms with Crippen LogP contribution in [0.1, 0.15) is 40.7 Å². The maximum Gasteiger partial charge on any atom is 0.335 e. The molecule has 25 heavy (non-hydrogen) atoms. The molecule has 0 bridgehead atoms. The molecule has 0 aromatic heterocycles. The molecule has 0 spiro atoms. The van der Waals surface area contributed by atoms with Crippen LogP contribution in [0.4, 0.5) is 0 Å². The van der Waals surface area contributed by atoms with Gasteiger partial charge in [-0.2, -0.15) is 0 Å². The molecule has 1 aliphatic rings. The molecular weight excluding hydrogens is 314 g/mol. The summed E-state index contributed by atoms with van der Waals surface area (Å²) in [6.07, 6.45) is 2.99. The number of hydrogen-bond donors (Lipinski definition) is 1. The summed E-state index contributed by atoms with van der Waals surface area (Å²) in [5.41, 5.74) is 2.39. The van der Waals surface area contributed by atoms with Gasteiger partial charge < -0.3 is 10.0 Å². The number of rotatable bonds is 7. The van der Waals surface area contributed by atoms with Gasteiger partial charge >= 0.3 is 5.97 Å². The number of likely N-dealkylation sites (N-methyl/N-ethyl adjacent to an activating group) is 1. The van der Waals surface area contributed by atoms with E-state index >= 15 is 0 Å². The number of carboxylic acid groups (broad SMARTS) is 1. The number of aryl methyl sites for hydroxylation is 1. The third kappa shape index (κ3) is 3.90. The highest BCUT2D eigenvalue weighted by atomic mass is 16.4. The highest BCUT2D eigenvalue weighted by Gasteiger charge is 2.45. The smallest absolute Gasteiger partial charge is 0.335 e. The molecule has 2 aromatic carbocycles. The van der Waals surface area contributed by atoms with E-state index in [1.807, 2.05) is 31.3 Å². The summed E-state index contributed by atoms with van der Waals surface area (Å²) in [5.74, 6) is -0.889. The van der Waals surface area contributed by atoms with Gasteiger partial charge in [0.05, 0.1) is 5.56 Å². The van der Waals surface area contributed by atoms with Gasteiger partial charge in [-0.15, -0.1) is 0 Å². The lowest BCUT2D eigenvalue weighted by molar-refractivity contribution is -0.130. The van der Waals surface area contributed by atoms with Crippen molar-refractivity contribution < 1.29 is 14.7 Å². The SMILES string of the molecule is CN(CC1(c2ccccc2)CC1)C(=O)CCc1ccccc1C(=O)O. The van der Waals surface area contributed by atoms with Crippen LogP contribution in [-0.4, -0.2) is 35.5 Å². The van der Waals surface area contributed by atoms with Crippen molar-refractivity contribution in [2.24, 2.45) is 0 Å². The van der Waals surface area contributed by atoms with E-state index < -0.39 is 5.97 Å². The molecule has 0 atom stereocenters. The van der Waals surface area contributed by atoms with Crippen molar-refractivity contribution in [1.82, 2.24) is 4.90 Å². The quantitative estimate of drug-likeness (QED) is 0.841. The van der Waals surface area contributed by atoms with Crippen molar-refractivity contribution in [3.05, 3.63) is 71.3 Å². The highest BCUT2D eigenvalue weighted by Crippen LogP contribution is 2.48. The zero-order valence-corrected chi connectivity index (χ0v) is 14.4. The minimum atomic E-state index is -0.947. The average Bonchev–Trinajstić information content (AvgIpc) is 3.41. The van der Waals surface area contributed by atoms with Crippen molar-refractivity contribution in [2.45, 2.75) is 31.1 Å². The number of amides is 1. The number of benzene rings is 2. The van der Waals surface area contributed by atoms with Gasteiger partial charge in [0.1, 0.15) is 0 Å². The first-order chi connectivity index (χ1) is 12.0. The molecule has 0 aliphatic heterocycles. The Morgan fingerprint density at radius 3 is 2.32 bits per heavy atom. The standard InChI is InChI=1S/C21H23NO3/c1-22(15-21(13-14-21)17-8-3-2-4-9-17)19(23)12-11-16-7-5-6-10-18(16)20(24)25/h2-10H,11-15H2,1H3,(H,24,25). The Balaban J connectivity index is 1.60. The van der Waals surface area contributed by atoms with E-state index in [9.17, 15) is 14.7 Å². The molecule has 130 valence electrons. The third-order valence-corrected chi connectivity index (χ3v) is 5.06. The number of nitrogens with zero attached hydrogens (tertiary/aromatic N) is 1. The molecule has 2 aromatic rings. The summed E-state index contributed by atoms with van der Waals surface area (Å²) in [5, 5.41) is 9.23. The molecule has 1 saturated carbocycles. The average molecular weight is 337 g/mol. The zero-order valence-electron chi connectivity index (χ0n) is 14.4. The second-order valence-corrected chi connectivity index (χ2v) is 6.86. The molecular formula is C21H23NO3. The fourth-order valence-corrected chi connectivity index (χ4v) is 3.40. The monoisotopic (exact) mass is 337 g/mol. The summed E-state index contributed by atoms with van der Waals surface area (Å²) in [7, 11) is 1.84. The molecule has 3 rings (SSSR count). The number of carboxylic acids is 1. The summed E-state index contributed by atoms with van der Waals surface area (Å²) in [6.45, 7) is 0.719. The first-order valence-corrected chi connectivity index (χ1v) is 8.62. The van der Waals surface area contributed by atoms with Crippen LogP contribution in [0, 0.1) is 0 Å². The van der Waals surface area contributed by atoms with Gasteiger partial charge in [0.25, 0.3) is 0 Å². The highest BCUT2D eigenvalue weighted by molar-refractivity contribution is 5.89. The van der Waals surface area contributed by atoms with E-state index in [1.165, 1.54) is 5.56 Å². The minimum Gasteiger partial charge on any atom is -0.478 e. The maximum atomic E-state index is 12.5. The van der Waals surface area contributed by atoms with Crippen molar-refractivity contribution in [3.63, 3.8) is 0 Å². The van der Waals surface area contributed by atoms with E-state index in [0.29, 0.717) is 18.4 Å². The van der Waals surface area contributed by atoms with Crippen molar-refractivity contribution in [3.8, 4) is 0 Å². The first-order valence-electron chi connectivity index (χ1n) is 8.62. The van der Waals surface area contributed by atoms with E-state index in [0.717, 1.165) is 19.4 Å². The van der Waals surface area contributed by atoms with Crippen molar-refractivity contribution in [2.75, 3.05) is 13.6 Å². The molecule has 0 radical (unpaired) electrons. The van der Waals surface area contributed by atoms with Crippen LogP contribution in [-0.2, 0) is 16.6 Å². The lowest BCUT2D eigenvalue weighted by Crippen LogP contribution is -2.34. The maximum absolute atomic E-state index is 12.5. The van der Waals surface area contributed by atoms with Gasteiger partial charge in [0.2, 0.25) is 5.91 Å². The summed E-state index contributed by atoms with van der Waals surface area (Å²) >= 11 is 0. The zero-order chi connectivity index (χ0) is 17.9. The molecule has 0 saturated heterocycles. The Morgan fingerprint density at radius 1 is 1.04 bits per heavy atom. The van der Waals surface area contributed by atoms with Crippen LogP contribution in [0.3, 0.4) is 0 Å². The third-order valence-electron chi connectivity index (χ3n) is 5.06. The van der Waals surface area contributed by atoms with Gasteiger partial charge in [-0.05, 0) is 36.5 Å². The molecule has 0 unspecified atom stereocenters. The molecule has 1 amide bonds. The topological polar surface area (TPSA) is 57.6 Å². The Bertz CT molecular complexity index is 766. The predicted molar refractivity (Wildman–Crippen MR) is 96.7 cm³/mol. The van der Waals surface area contributed by atoms with E-state index in [4.69, 9.17) is 0 Å². The Labute approximate surface area is 148 Å². The number of carbonyl (C=O) groups excluding carboxylic acids is 1. The fourth-order valence-electron chi connectivity index (χ4n) is 3.40. The minimum absolute atomic E-state index is 0.0578. The fraction of sp³-hybridized carbons (Fsp3) is 0.333. The molecule has 0 heterocycles. The summed E-state index contributed by atoms with van der Waals surface area (Å²) in [4.78, 5) is 25.6. The summed E-state index contributed by atoms with van der Waals surface area (Å²) < 4.78 is 0. The van der Waals surface area contributed by atoms with Gasteiger partial charge in [-0.25, -0.2) is 4.79 Å². The van der Waals surface area contributed by atoms with Crippen molar-refractivity contribution >= 4 is 11.9 Å². The predicted octanol–water partition coefficient (Wildman–Crippen LogP) is 3.51. The first kappa shape index (κ1) is 17.2. The summed E-state index contributed by atoms with van der Waals surface area (Å²) in [6, 6.07) is 17.2. The molecule has 1 aliphatic carbocycles. The lowest BCUT2D eigenvalue weighted by Gasteiger charge is -2.24. The molecule has 4 heteroatoms. The van der Waals surface area contributed by atoms with Crippen LogP contribution in [0.25, 0.3) is 0 Å². The number of hydrogen-bond acceptors (Lipinski definition) is 2. The van der Waals surface area contributed by atoms with Crippen LogP contribution >= 0.6 is 0 Å². The van der Waals surface area contributed by atoms with Gasteiger partial charge in [-0.1, -0.05) is 48.5 Å². The van der Waals surface area contributed by atoms with Gasteiger partial charge in [-0.3, -0.25) is 4.79 Å². The van der Waals surface area contributed by atoms with Crippen LogP contribution in [0.15, 0.2) is 54.6 Å². The van der Waals surface area contributed by atoms with Crippen LogP contribution in [0.2, 0.25) is 0 Å². The largest absolute Gasteiger partial charge is 0.478 e. The molecule has 1 N–H and O–H groups in total. The van der Waals surface area contributed by atoms with Crippen LogP contribution in [0.5, 0.6) is 0 Å². The second kappa shape index (κ2) is 7.09. The molecule has 1 fully saturated rings. The number of aromatic carboxylic acids is 1. The molecule has 4 nitrogen and oxygen atoms in total. The Morgan fingerprint density at radius 2 is 1.68 bits per heavy atom. The normalized spacial score (nSPS) is 14.8. The van der Waals surface area contributed by atoms with E-state index in [2.05, 4.69) is 12.1 Å². The number of carbonyl (C=O) groups is 2.